The third-order valence-corrected chi connectivity index (χ3v) is 3.99. The van der Waals surface area contributed by atoms with Gasteiger partial charge < -0.3 is 4.90 Å². The van der Waals surface area contributed by atoms with Crippen LogP contribution in [0.25, 0.3) is 5.82 Å². The average molecular weight is 345 g/mol. The molecule has 6 nitrogen and oxygen atoms in total. The highest BCUT2D eigenvalue weighted by molar-refractivity contribution is 5.94. The number of benzene rings is 1. The second-order valence-corrected chi connectivity index (χ2v) is 6.05. The number of amides is 1. The number of carbonyl (C=O) groups is 1. The molecule has 130 valence electrons. The number of pyridine rings is 1. The van der Waals surface area contributed by atoms with Crippen molar-refractivity contribution >= 4 is 5.91 Å². The Labute approximate surface area is 152 Å². The molecule has 2 aromatic heterocycles. The van der Waals surface area contributed by atoms with Gasteiger partial charge in [-0.2, -0.15) is 10.4 Å². The molecule has 1 amide bonds. The zero-order chi connectivity index (χ0) is 18.5. The van der Waals surface area contributed by atoms with Crippen molar-refractivity contribution in [3.63, 3.8) is 0 Å². The molecule has 2 heterocycles. The van der Waals surface area contributed by atoms with E-state index in [4.69, 9.17) is 5.26 Å². The molecule has 26 heavy (non-hydrogen) atoms. The van der Waals surface area contributed by atoms with Gasteiger partial charge >= 0.3 is 0 Å². The van der Waals surface area contributed by atoms with Crippen LogP contribution in [0.5, 0.6) is 0 Å². The second kappa shape index (κ2) is 7.62. The molecular formula is C20H19N5O. The summed E-state index contributed by atoms with van der Waals surface area (Å²) in [6.45, 7) is 4.28. The van der Waals surface area contributed by atoms with Crippen LogP contribution in [0.15, 0.2) is 54.7 Å². The van der Waals surface area contributed by atoms with Gasteiger partial charge in [0.15, 0.2) is 5.82 Å². The van der Waals surface area contributed by atoms with E-state index in [-0.39, 0.29) is 12.5 Å². The summed E-state index contributed by atoms with van der Waals surface area (Å²) in [4.78, 5) is 18.6. The molecule has 0 saturated carbocycles. The molecule has 1 aromatic carbocycles. The Bertz CT molecular complexity index is 939. The normalized spacial score (nSPS) is 10.3. The predicted molar refractivity (Wildman–Crippen MR) is 97.6 cm³/mol. The fourth-order valence-corrected chi connectivity index (χ4v) is 2.77. The van der Waals surface area contributed by atoms with Crippen molar-refractivity contribution in [2.75, 3.05) is 6.54 Å². The average Bonchev–Trinajstić information content (AvgIpc) is 3.00. The molecule has 0 atom stereocenters. The first-order valence-electron chi connectivity index (χ1n) is 8.28. The van der Waals surface area contributed by atoms with Gasteiger partial charge in [-0.25, -0.2) is 9.67 Å². The van der Waals surface area contributed by atoms with Crippen molar-refractivity contribution in [3.05, 3.63) is 77.2 Å². The van der Waals surface area contributed by atoms with Gasteiger partial charge in [0.1, 0.15) is 6.54 Å². The minimum atomic E-state index is -0.220. The molecule has 0 saturated heterocycles. The van der Waals surface area contributed by atoms with Crippen molar-refractivity contribution in [3.8, 4) is 11.9 Å². The fraction of sp³-hybridized carbons (Fsp3) is 0.200. The summed E-state index contributed by atoms with van der Waals surface area (Å²) >= 11 is 0. The third kappa shape index (κ3) is 3.78. The zero-order valence-electron chi connectivity index (χ0n) is 14.8. The van der Waals surface area contributed by atoms with Gasteiger partial charge in [0.25, 0.3) is 5.91 Å². The van der Waals surface area contributed by atoms with E-state index in [9.17, 15) is 4.79 Å². The summed E-state index contributed by atoms with van der Waals surface area (Å²) in [6, 6.07) is 17.1. The van der Waals surface area contributed by atoms with Gasteiger partial charge in [-0.15, -0.1) is 0 Å². The van der Waals surface area contributed by atoms with Crippen molar-refractivity contribution in [2.45, 2.75) is 20.4 Å². The molecule has 3 rings (SSSR count). The van der Waals surface area contributed by atoms with Gasteiger partial charge in [0, 0.05) is 18.4 Å². The number of nitrogens with zero attached hydrogens (tertiary/aromatic N) is 5. The van der Waals surface area contributed by atoms with Gasteiger partial charge in [0.2, 0.25) is 0 Å². The highest BCUT2D eigenvalue weighted by Crippen LogP contribution is 2.13. The van der Waals surface area contributed by atoms with Crippen molar-refractivity contribution in [2.24, 2.45) is 0 Å². The lowest BCUT2D eigenvalue weighted by Gasteiger charge is -2.19. The zero-order valence-corrected chi connectivity index (χ0v) is 14.8. The van der Waals surface area contributed by atoms with Crippen LogP contribution >= 0.6 is 0 Å². The van der Waals surface area contributed by atoms with Gasteiger partial charge in [-0.3, -0.25) is 4.79 Å². The molecule has 0 aliphatic rings. The minimum Gasteiger partial charge on any atom is -0.321 e. The largest absolute Gasteiger partial charge is 0.321 e. The summed E-state index contributed by atoms with van der Waals surface area (Å²) in [5, 5.41) is 13.5. The Kier molecular flexibility index (Phi) is 5.09. The van der Waals surface area contributed by atoms with Crippen molar-refractivity contribution < 1.29 is 4.79 Å². The fourth-order valence-electron chi connectivity index (χ4n) is 2.77. The molecule has 6 heteroatoms. The van der Waals surface area contributed by atoms with Crippen LogP contribution in [-0.4, -0.2) is 32.1 Å². The van der Waals surface area contributed by atoms with Crippen LogP contribution in [0.4, 0.5) is 0 Å². The predicted octanol–water partition coefficient (Wildman–Crippen LogP) is 3.05. The maximum atomic E-state index is 12.8. The van der Waals surface area contributed by atoms with E-state index < -0.39 is 0 Å². The first-order chi connectivity index (χ1) is 12.6. The Morgan fingerprint density at radius 3 is 2.54 bits per heavy atom. The van der Waals surface area contributed by atoms with E-state index in [1.165, 1.54) is 11.1 Å². The summed E-state index contributed by atoms with van der Waals surface area (Å²) in [5.41, 5.74) is 3.31. The summed E-state index contributed by atoms with van der Waals surface area (Å²) < 4.78 is 1.74. The Balaban J connectivity index is 1.81. The molecule has 0 aliphatic heterocycles. The molecule has 0 fully saturated rings. The van der Waals surface area contributed by atoms with E-state index in [1.54, 1.807) is 16.8 Å². The summed E-state index contributed by atoms with van der Waals surface area (Å²) in [5.74, 6) is 0.435. The van der Waals surface area contributed by atoms with E-state index >= 15 is 0 Å². The number of carbonyl (C=O) groups excluding carboxylic acids is 1. The lowest BCUT2D eigenvalue weighted by Crippen LogP contribution is -2.31. The molecule has 0 aliphatic carbocycles. The maximum absolute atomic E-state index is 12.8. The first-order valence-corrected chi connectivity index (χ1v) is 8.28. The lowest BCUT2D eigenvalue weighted by molar-refractivity contribution is 0.0764. The topological polar surface area (TPSA) is 74.8 Å². The second-order valence-electron chi connectivity index (χ2n) is 6.05. The molecule has 0 unspecified atom stereocenters. The van der Waals surface area contributed by atoms with E-state index in [0.29, 0.717) is 17.9 Å². The summed E-state index contributed by atoms with van der Waals surface area (Å²) in [6.07, 6.45) is 1.53. The molecule has 0 spiro atoms. The van der Waals surface area contributed by atoms with Crippen LogP contribution < -0.4 is 0 Å². The highest BCUT2D eigenvalue weighted by Gasteiger charge is 2.17. The van der Waals surface area contributed by atoms with Gasteiger partial charge in [-0.05, 0) is 37.6 Å². The van der Waals surface area contributed by atoms with Gasteiger partial charge in [0.05, 0.1) is 17.3 Å². The van der Waals surface area contributed by atoms with Crippen LogP contribution in [0.1, 0.15) is 27.3 Å². The van der Waals surface area contributed by atoms with Crippen LogP contribution in [-0.2, 0) is 6.54 Å². The quantitative estimate of drug-likeness (QED) is 0.666. The molecule has 0 radical (unpaired) electrons. The minimum absolute atomic E-state index is 0.0208. The lowest BCUT2D eigenvalue weighted by atomic mass is 10.2. The van der Waals surface area contributed by atoms with E-state index in [1.807, 2.05) is 50.2 Å². The number of aryl methyl sites for hydroxylation is 2. The monoisotopic (exact) mass is 345 g/mol. The Morgan fingerprint density at radius 2 is 1.96 bits per heavy atom. The van der Waals surface area contributed by atoms with Crippen LogP contribution in [0.2, 0.25) is 0 Å². The standard InChI is InChI=1S/C20H19N5O/c1-15-12-16(2)25(23-15)19-9-8-18(13-22-19)20(26)24(11-10-21)14-17-6-4-3-5-7-17/h3-9,12-13H,11,14H2,1-2H3. The van der Waals surface area contributed by atoms with Crippen LogP contribution in [0, 0.1) is 25.2 Å². The van der Waals surface area contributed by atoms with E-state index in [0.717, 1.165) is 17.0 Å². The maximum Gasteiger partial charge on any atom is 0.256 e. The SMILES string of the molecule is Cc1cc(C)n(-c2ccc(C(=O)N(CC#N)Cc3ccccc3)cn2)n1. The summed E-state index contributed by atoms with van der Waals surface area (Å²) in [7, 11) is 0. The third-order valence-electron chi connectivity index (χ3n) is 3.99. The van der Waals surface area contributed by atoms with Crippen molar-refractivity contribution in [1.82, 2.24) is 19.7 Å². The molecular weight excluding hydrogens is 326 g/mol. The highest BCUT2D eigenvalue weighted by atomic mass is 16.2. The number of hydrogen-bond acceptors (Lipinski definition) is 4. The van der Waals surface area contributed by atoms with E-state index in [2.05, 4.69) is 16.2 Å². The Hall–Kier alpha value is -3.46. The molecule has 0 N–H and O–H groups in total. The smallest absolute Gasteiger partial charge is 0.256 e. The molecule has 3 aromatic rings. The van der Waals surface area contributed by atoms with Crippen LogP contribution in [0.3, 0.4) is 0 Å². The molecule has 0 bridgehead atoms. The Morgan fingerprint density at radius 1 is 1.19 bits per heavy atom. The van der Waals surface area contributed by atoms with Gasteiger partial charge in [-0.1, -0.05) is 30.3 Å². The first kappa shape index (κ1) is 17.4. The number of hydrogen-bond donors (Lipinski definition) is 0. The number of aromatic nitrogens is 3. The number of nitriles is 1. The number of rotatable bonds is 5. The van der Waals surface area contributed by atoms with Crippen molar-refractivity contribution in [1.29, 1.82) is 5.26 Å².